The van der Waals surface area contributed by atoms with E-state index in [2.05, 4.69) is 30.9 Å². The Morgan fingerprint density at radius 1 is 1.19 bits per heavy atom. The van der Waals surface area contributed by atoms with Gasteiger partial charge in [0.15, 0.2) is 0 Å². The Balaban J connectivity index is 1.37. The van der Waals surface area contributed by atoms with Crippen molar-refractivity contribution in [2.75, 3.05) is 36.1 Å². The monoisotopic (exact) mass is 355 g/mol. The van der Waals surface area contributed by atoms with Crippen LogP contribution in [0.25, 0.3) is 0 Å². The summed E-state index contributed by atoms with van der Waals surface area (Å²) in [5.74, 6) is 2.87. The number of anilines is 3. The minimum atomic E-state index is 0.0874. The highest BCUT2D eigenvalue weighted by molar-refractivity contribution is 5.52. The lowest BCUT2D eigenvalue weighted by Crippen LogP contribution is -2.35. The van der Waals surface area contributed by atoms with Gasteiger partial charge in [0.1, 0.15) is 18.0 Å². The fraction of sp³-hybridized carbons (Fsp3) is 0.556. The molecule has 4 rings (SSSR count). The number of nitrogens with zero attached hydrogens (tertiary/aromatic N) is 4. The van der Waals surface area contributed by atoms with Crippen LogP contribution in [0.4, 0.5) is 17.6 Å². The molecule has 0 atom stereocenters. The lowest BCUT2D eigenvalue weighted by Gasteiger charge is -2.35. The molecule has 0 bridgehead atoms. The number of aryl methyl sites for hydroxylation is 1. The van der Waals surface area contributed by atoms with E-state index < -0.39 is 0 Å². The Morgan fingerprint density at radius 2 is 2.08 bits per heavy atom. The van der Waals surface area contributed by atoms with Crippen molar-refractivity contribution in [3.63, 3.8) is 0 Å². The van der Waals surface area contributed by atoms with E-state index >= 15 is 0 Å². The molecule has 0 spiro atoms. The third-order valence-corrected chi connectivity index (χ3v) is 5.17. The van der Waals surface area contributed by atoms with Gasteiger partial charge in [-0.15, -0.1) is 0 Å². The molecule has 2 heterocycles. The van der Waals surface area contributed by atoms with Gasteiger partial charge in [-0.05, 0) is 32.1 Å². The van der Waals surface area contributed by atoms with E-state index in [1.54, 1.807) is 6.33 Å². The third-order valence-electron chi connectivity index (χ3n) is 5.17. The second kappa shape index (κ2) is 7.41. The average molecular weight is 355 g/mol. The summed E-state index contributed by atoms with van der Waals surface area (Å²) in [7, 11) is 1.92. The van der Waals surface area contributed by atoms with Crippen LogP contribution in [0.3, 0.4) is 0 Å². The van der Waals surface area contributed by atoms with Gasteiger partial charge in [0.25, 0.3) is 0 Å². The molecule has 0 saturated heterocycles. The quantitative estimate of drug-likeness (QED) is 0.593. The van der Waals surface area contributed by atoms with Crippen LogP contribution in [0.15, 0.2) is 12.4 Å². The van der Waals surface area contributed by atoms with Gasteiger partial charge < -0.3 is 21.1 Å². The third kappa shape index (κ3) is 3.41. The van der Waals surface area contributed by atoms with E-state index in [9.17, 15) is 0 Å². The van der Waals surface area contributed by atoms with Crippen LogP contribution >= 0.6 is 0 Å². The predicted molar refractivity (Wildman–Crippen MR) is 101 cm³/mol. The molecule has 4 N–H and O–H groups in total. The Labute approximate surface area is 152 Å². The largest absolute Gasteiger partial charge is 0.395 e. The van der Waals surface area contributed by atoms with Crippen molar-refractivity contribution in [3.8, 4) is 0 Å². The molecule has 0 amide bonds. The molecule has 2 aliphatic rings. The lowest BCUT2D eigenvalue weighted by atomic mass is 9.78. The maximum atomic E-state index is 8.90. The smallest absolute Gasteiger partial charge is 0.225 e. The first kappa shape index (κ1) is 17.0. The molecule has 26 heavy (non-hydrogen) atoms. The molecular formula is C18H25N7O. The predicted octanol–water partition coefficient (Wildman–Crippen LogP) is 1.56. The summed E-state index contributed by atoms with van der Waals surface area (Å²) in [6.07, 6.45) is 6.86. The van der Waals surface area contributed by atoms with Crippen LogP contribution in [0.1, 0.15) is 42.1 Å². The summed E-state index contributed by atoms with van der Waals surface area (Å²) in [6, 6.07) is 2.34. The molecule has 1 saturated carbocycles. The van der Waals surface area contributed by atoms with Crippen molar-refractivity contribution in [1.82, 2.24) is 19.9 Å². The fourth-order valence-electron chi connectivity index (χ4n) is 3.74. The maximum Gasteiger partial charge on any atom is 0.225 e. The number of fused-ring (bicyclic) bond motifs is 1. The normalized spacial score (nSPS) is 21.0. The molecular weight excluding hydrogens is 330 g/mol. The van der Waals surface area contributed by atoms with Crippen molar-refractivity contribution >= 4 is 17.6 Å². The topological polar surface area (TPSA) is 108 Å². The molecule has 0 aliphatic heterocycles. The van der Waals surface area contributed by atoms with Crippen LogP contribution in [0.2, 0.25) is 0 Å². The Bertz CT molecular complexity index is 776. The van der Waals surface area contributed by atoms with Gasteiger partial charge in [-0.25, -0.2) is 15.0 Å². The summed E-state index contributed by atoms with van der Waals surface area (Å²) in [5, 5.41) is 18.7. The van der Waals surface area contributed by atoms with E-state index in [1.165, 1.54) is 11.3 Å². The van der Waals surface area contributed by atoms with Crippen molar-refractivity contribution < 1.29 is 5.11 Å². The van der Waals surface area contributed by atoms with Gasteiger partial charge >= 0.3 is 0 Å². The average Bonchev–Trinajstić information content (AvgIpc) is 3.10. The summed E-state index contributed by atoms with van der Waals surface area (Å²) in [6.45, 7) is 0.582. The second-order valence-electron chi connectivity index (χ2n) is 6.91. The van der Waals surface area contributed by atoms with Gasteiger partial charge in [0.2, 0.25) is 5.95 Å². The zero-order chi connectivity index (χ0) is 17.9. The number of hydrogen-bond acceptors (Lipinski definition) is 8. The number of rotatable bonds is 7. The summed E-state index contributed by atoms with van der Waals surface area (Å²) < 4.78 is 0. The molecule has 138 valence electrons. The van der Waals surface area contributed by atoms with Crippen LogP contribution < -0.4 is 16.0 Å². The second-order valence-corrected chi connectivity index (χ2v) is 6.91. The van der Waals surface area contributed by atoms with Gasteiger partial charge in [-0.2, -0.15) is 4.98 Å². The summed E-state index contributed by atoms with van der Waals surface area (Å²) in [5.41, 5.74) is 3.50. The van der Waals surface area contributed by atoms with Crippen LogP contribution in [0, 0.1) is 0 Å². The minimum absolute atomic E-state index is 0.0874. The SMILES string of the molecule is CNc1nc(NC2CC(c3cc(NCCO)ncn3)C2)nc2c1CCC2. The van der Waals surface area contributed by atoms with E-state index in [0.29, 0.717) is 18.5 Å². The van der Waals surface area contributed by atoms with Crippen molar-refractivity contribution in [1.29, 1.82) is 0 Å². The number of aromatic nitrogens is 4. The van der Waals surface area contributed by atoms with E-state index in [1.807, 2.05) is 13.1 Å². The molecule has 8 nitrogen and oxygen atoms in total. The van der Waals surface area contributed by atoms with Crippen molar-refractivity contribution in [2.24, 2.45) is 0 Å². The molecule has 1 fully saturated rings. The summed E-state index contributed by atoms with van der Waals surface area (Å²) in [4.78, 5) is 17.9. The first-order valence-electron chi connectivity index (χ1n) is 9.27. The number of aliphatic hydroxyl groups is 1. The molecule has 0 unspecified atom stereocenters. The van der Waals surface area contributed by atoms with Crippen LogP contribution in [0.5, 0.6) is 0 Å². The Hall–Kier alpha value is -2.48. The Morgan fingerprint density at radius 3 is 2.88 bits per heavy atom. The van der Waals surface area contributed by atoms with E-state index in [4.69, 9.17) is 10.1 Å². The Kier molecular flexibility index (Phi) is 4.83. The molecule has 2 aliphatic carbocycles. The summed E-state index contributed by atoms with van der Waals surface area (Å²) >= 11 is 0. The minimum Gasteiger partial charge on any atom is -0.395 e. The van der Waals surface area contributed by atoms with Gasteiger partial charge in [-0.1, -0.05) is 0 Å². The van der Waals surface area contributed by atoms with Gasteiger partial charge in [-0.3, -0.25) is 0 Å². The number of nitrogens with one attached hydrogen (secondary N) is 3. The fourth-order valence-corrected chi connectivity index (χ4v) is 3.74. The zero-order valence-corrected chi connectivity index (χ0v) is 15.0. The highest BCUT2D eigenvalue weighted by Gasteiger charge is 2.32. The number of hydrogen-bond donors (Lipinski definition) is 4. The van der Waals surface area contributed by atoms with Crippen LogP contribution in [-0.2, 0) is 12.8 Å². The molecule has 0 radical (unpaired) electrons. The maximum absolute atomic E-state index is 8.90. The highest BCUT2D eigenvalue weighted by atomic mass is 16.3. The van der Waals surface area contributed by atoms with Crippen molar-refractivity contribution in [2.45, 2.75) is 44.1 Å². The first-order valence-corrected chi connectivity index (χ1v) is 9.27. The molecule has 2 aromatic rings. The zero-order valence-electron chi connectivity index (χ0n) is 15.0. The van der Waals surface area contributed by atoms with Crippen LogP contribution in [-0.4, -0.2) is 51.3 Å². The molecule has 8 heteroatoms. The van der Waals surface area contributed by atoms with Gasteiger partial charge in [0.05, 0.1) is 12.3 Å². The van der Waals surface area contributed by atoms with E-state index in [-0.39, 0.29) is 6.61 Å². The van der Waals surface area contributed by atoms with Gasteiger partial charge in [0, 0.05) is 42.9 Å². The standard InChI is InChI=1S/C18H25N7O/c1-19-17-13-3-2-4-14(13)24-18(25-17)23-12-7-11(8-12)15-9-16(20-5-6-26)22-10-21-15/h9-12,26H,2-8H2,1H3,(H,20,21,22)(H2,19,23,24,25). The molecule has 0 aromatic carbocycles. The number of aliphatic hydroxyl groups excluding tert-OH is 1. The highest BCUT2D eigenvalue weighted by Crippen LogP contribution is 2.38. The first-order chi connectivity index (χ1) is 12.8. The molecule has 2 aromatic heterocycles. The lowest BCUT2D eigenvalue weighted by molar-refractivity contribution is 0.311. The van der Waals surface area contributed by atoms with E-state index in [0.717, 1.165) is 55.4 Å². The van der Waals surface area contributed by atoms with Crippen molar-refractivity contribution in [3.05, 3.63) is 29.3 Å².